The highest BCUT2D eigenvalue weighted by atomic mass is 16.6. The average Bonchev–Trinajstić information content (AvgIpc) is 3.51. The summed E-state index contributed by atoms with van der Waals surface area (Å²) < 4.78 is 11.7. The molecule has 1 spiro atoms. The zero-order valence-corrected chi connectivity index (χ0v) is 21.7. The summed E-state index contributed by atoms with van der Waals surface area (Å²) in [6, 6.07) is 0. The molecule has 11 atom stereocenters. The molecule has 1 saturated heterocycles. The number of cyclic esters (lactones) is 1. The number of rotatable bonds is 2. The molecule has 0 amide bonds. The minimum atomic E-state index is -1.81. The van der Waals surface area contributed by atoms with Crippen molar-refractivity contribution in [2.45, 2.75) is 114 Å². The molecular weight excluding hydrogens is 464 g/mol. The molecule has 6 aliphatic rings. The van der Waals surface area contributed by atoms with Gasteiger partial charge in [-0.25, -0.2) is 4.79 Å². The molecule has 4 fully saturated rings. The molecular formula is C28H38O8. The molecule has 4 aliphatic carbocycles. The zero-order chi connectivity index (χ0) is 26.3. The molecule has 3 saturated carbocycles. The van der Waals surface area contributed by atoms with Gasteiger partial charge in [-0.2, -0.15) is 0 Å². The van der Waals surface area contributed by atoms with Crippen LogP contribution in [-0.2, 0) is 19.1 Å². The lowest BCUT2D eigenvalue weighted by molar-refractivity contribution is -0.283. The van der Waals surface area contributed by atoms with E-state index in [2.05, 4.69) is 0 Å². The average molecular weight is 503 g/mol. The Kier molecular flexibility index (Phi) is 4.73. The summed E-state index contributed by atoms with van der Waals surface area (Å²) in [6.07, 6.45) is 2.84. The van der Waals surface area contributed by atoms with Crippen LogP contribution in [0, 0.1) is 22.7 Å². The van der Waals surface area contributed by atoms with Crippen molar-refractivity contribution in [3.63, 3.8) is 0 Å². The second-order valence-corrected chi connectivity index (χ2v) is 13.0. The zero-order valence-electron chi connectivity index (χ0n) is 21.7. The first-order valence-corrected chi connectivity index (χ1v) is 13.2. The number of carbonyl (C=O) groups is 2. The third kappa shape index (κ3) is 2.40. The van der Waals surface area contributed by atoms with Gasteiger partial charge in [0.15, 0.2) is 5.78 Å². The summed E-state index contributed by atoms with van der Waals surface area (Å²) in [5.41, 5.74) is -6.64. The molecule has 0 bridgehead atoms. The fourth-order valence-corrected chi connectivity index (χ4v) is 9.42. The van der Waals surface area contributed by atoms with Crippen LogP contribution in [0.1, 0.15) is 73.1 Å². The summed E-state index contributed by atoms with van der Waals surface area (Å²) >= 11 is 0. The topological polar surface area (TPSA) is 137 Å². The SMILES string of the molecule is CC1=C(C)C(=O)O[C@H]([C@](C)(O)[C@]2(O)CC[C@@]3(O)[C@@H]4C[C@H]5O[C@]56[C@@H](O)C=CC(=O)[C@]6(C)[C@H]4CC[C@]23C)C1. The van der Waals surface area contributed by atoms with Crippen LogP contribution in [0.2, 0.25) is 0 Å². The predicted octanol–water partition coefficient (Wildman–Crippen LogP) is 1.73. The van der Waals surface area contributed by atoms with Crippen molar-refractivity contribution in [1.82, 2.24) is 0 Å². The maximum absolute atomic E-state index is 13.3. The Morgan fingerprint density at radius 1 is 1.08 bits per heavy atom. The molecule has 0 aromatic rings. The Morgan fingerprint density at radius 2 is 1.78 bits per heavy atom. The van der Waals surface area contributed by atoms with Gasteiger partial charge in [0.05, 0.1) is 17.1 Å². The molecule has 8 heteroatoms. The molecule has 0 aromatic carbocycles. The van der Waals surface area contributed by atoms with E-state index in [4.69, 9.17) is 9.47 Å². The van der Waals surface area contributed by atoms with E-state index >= 15 is 0 Å². The first-order chi connectivity index (χ1) is 16.6. The Labute approximate surface area is 211 Å². The number of epoxide rings is 1. The van der Waals surface area contributed by atoms with Crippen LogP contribution in [-0.4, -0.2) is 72.9 Å². The number of esters is 1. The molecule has 198 valence electrons. The van der Waals surface area contributed by atoms with Crippen molar-refractivity contribution < 1.29 is 39.5 Å². The fraction of sp³-hybridized carbons (Fsp3) is 0.786. The molecule has 0 unspecified atom stereocenters. The van der Waals surface area contributed by atoms with Crippen LogP contribution in [0.15, 0.2) is 23.3 Å². The number of carbonyl (C=O) groups excluding carboxylic acids is 2. The fourth-order valence-electron chi connectivity index (χ4n) is 9.42. The van der Waals surface area contributed by atoms with E-state index < -0.39 is 51.4 Å². The second kappa shape index (κ2) is 6.89. The molecule has 0 aromatic heterocycles. The molecule has 36 heavy (non-hydrogen) atoms. The normalized spacial score (nSPS) is 55.2. The Balaban J connectivity index is 1.39. The van der Waals surface area contributed by atoms with Gasteiger partial charge in [0.1, 0.15) is 29.0 Å². The predicted molar refractivity (Wildman–Crippen MR) is 127 cm³/mol. The van der Waals surface area contributed by atoms with Crippen LogP contribution in [0.3, 0.4) is 0 Å². The highest BCUT2D eigenvalue weighted by molar-refractivity contribution is 5.98. The van der Waals surface area contributed by atoms with Gasteiger partial charge in [0.25, 0.3) is 0 Å². The third-order valence-electron chi connectivity index (χ3n) is 12.1. The number of hydrogen-bond donors (Lipinski definition) is 4. The Bertz CT molecular complexity index is 1120. The van der Waals surface area contributed by atoms with E-state index in [1.807, 2.05) is 20.8 Å². The maximum atomic E-state index is 13.3. The quantitative estimate of drug-likeness (QED) is 0.331. The van der Waals surface area contributed by atoms with E-state index in [9.17, 15) is 30.0 Å². The lowest BCUT2D eigenvalue weighted by atomic mass is 9.42. The monoisotopic (exact) mass is 502 g/mol. The summed E-state index contributed by atoms with van der Waals surface area (Å²) in [6.45, 7) is 8.73. The van der Waals surface area contributed by atoms with E-state index in [0.29, 0.717) is 31.3 Å². The number of aliphatic hydroxyl groups excluding tert-OH is 1. The number of hydrogen-bond acceptors (Lipinski definition) is 8. The van der Waals surface area contributed by atoms with Crippen molar-refractivity contribution in [2.24, 2.45) is 22.7 Å². The number of aliphatic hydroxyl groups is 4. The Hall–Kier alpha value is -1.58. The van der Waals surface area contributed by atoms with E-state index in [1.165, 1.54) is 19.1 Å². The van der Waals surface area contributed by atoms with Crippen molar-refractivity contribution in [3.8, 4) is 0 Å². The van der Waals surface area contributed by atoms with E-state index in [1.54, 1.807) is 6.92 Å². The Morgan fingerprint density at radius 3 is 2.44 bits per heavy atom. The minimum Gasteiger partial charge on any atom is -0.455 e. The summed E-state index contributed by atoms with van der Waals surface area (Å²) in [7, 11) is 0. The van der Waals surface area contributed by atoms with Crippen molar-refractivity contribution in [3.05, 3.63) is 23.3 Å². The van der Waals surface area contributed by atoms with Crippen LogP contribution >= 0.6 is 0 Å². The highest BCUT2D eigenvalue weighted by Gasteiger charge is 2.84. The number of allylic oxidation sites excluding steroid dienone is 1. The maximum Gasteiger partial charge on any atom is 0.334 e. The number of ether oxygens (including phenoxy) is 2. The number of fused-ring (bicyclic) bond motifs is 4. The molecule has 2 aliphatic heterocycles. The van der Waals surface area contributed by atoms with Gasteiger partial charge in [0.2, 0.25) is 0 Å². The van der Waals surface area contributed by atoms with Gasteiger partial charge in [-0.05, 0) is 83.8 Å². The van der Waals surface area contributed by atoms with Gasteiger partial charge < -0.3 is 29.9 Å². The van der Waals surface area contributed by atoms with Gasteiger partial charge in [-0.15, -0.1) is 0 Å². The first kappa shape index (κ1) is 24.7. The highest BCUT2D eigenvalue weighted by Crippen LogP contribution is 2.75. The summed E-state index contributed by atoms with van der Waals surface area (Å²) in [5.74, 6) is -1.19. The number of ketones is 1. The largest absolute Gasteiger partial charge is 0.455 e. The van der Waals surface area contributed by atoms with Gasteiger partial charge in [-0.3, -0.25) is 4.79 Å². The van der Waals surface area contributed by atoms with Gasteiger partial charge in [0, 0.05) is 17.4 Å². The van der Waals surface area contributed by atoms with Crippen molar-refractivity contribution in [1.29, 1.82) is 0 Å². The van der Waals surface area contributed by atoms with Crippen LogP contribution < -0.4 is 0 Å². The summed E-state index contributed by atoms with van der Waals surface area (Å²) in [4.78, 5) is 25.8. The second-order valence-electron chi connectivity index (χ2n) is 13.0. The van der Waals surface area contributed by atoms with Crippen LogP contribution in [0.5, 0.6) is 0 Å². The smallest absolute Gasteiger partial charge is 0.334 e. The van der Waals surface area contributed by atoms with Crippen LogP contribution in [0.4, 0.5) is 0 Å². The van der Waals surface area contributed by atoms with Crippen molar-refractivity contribution >= 4 is 11.8 Å². The summed E-state index contributed by atoms with van der Waals surface area (Å²) in [5, 5.41) is 47.5. The molecule has 4 N–H and O–H groups in total. The first-order valence-electron chi connectivity index (χ1n) is 13.2. The van der Waals surface area contributed by atoms with Gasteiger partial charge >= 0.3 is 5.97 Å². The standard InChI is InChI=1S/C28H38O8/c1-14-12-20(35-22(31)15(14)2)25(5,32)27(34)11-10-26(33)17-13-21-28(36-21)19(30)7-6-18(29)24(28,4)16(17)8-9-23(26,27)3/h6-7,16-17,19-21,30,32-34H,8-13H2,1-5H3/t16-,17+,19-,20-,21+,23-,24-,25-,26+,27-,28+/m0/s1. The third-order valence-corrected chi connectivity index (χ3v) is 12.1. The van der Waals surface area contributed by atoms with Gasteiger partial charge in [-0.1, -0.05) is 12.5 Å². The molecule has 6 rings (SSSR count). The van der Waals surface area contributed by atoms with Crippen LogP contribution in [0.25, 0.3) is 0 Å². The lowest BCUT2D eigenvalue weighted by Gasteiger charge is -2.63. The minimum absolute atomic E-state index is 0.0933. The lowest BCUT2D eigenvalue weighted by Crippen LogP contribution is -2.73. The molecule has 8 nitrogen and oxygen atoms in total. The molecule has 0 radical (unpaired) electrons. The van der Waals surface area contributed by atoms with E-state index in [-0.39, 0.29) is 36.6 Å². The van der Waals surface area contributed by atoms with Crippen molar-refractivity contribution in [2.75, 3.05) is 0 Å². The van der Waals surface area contributed by atoms with E-state index in [0.717, 1.165) is 5.57 Å². The molecule has 2 heterocycles.